The lowest BCUT2D eigenvalue weighted by atomic mass is 9.33. The third kappa shape index (κ3) is 5.27. The summed E-state index contributed by atoms with van der Waals surface area (Å²) >= 11 is 0. The minimum absolute atomic E-state index is 0.145. The molecule has 5 aliphatic carbocycles. The topological polar surface area (TPSA) is 116 Å². The Labute approximate surface area is 279 Å². The summed E-state index contributed by atoms with van der Waals surface area (Å²) in [5.41, 5.74) is -0.910. The minimum atomic E-state index is -1.21. The molecular weight excluding hydrogens is 602 g/mol. The van der Waals surface area contributed by atoms with Crippen LogP contribution in [-0.4, -0.2) is 111 Å². The first-order chi connectivity index (χ1) is 22.4. The second-order valence-electron chi connectivity index (χ2n) is 16.4. The van der Waals surface area contributed by atoms with E-state index in [0.29, 0.717) is 57.0 Å². The molecule has 1 aromatic rings. The lowest BCUT2D eigenvalue weighted by molar-refractivity contribution is -0.305. The van der Waals surface area contributed by atoms with Crippen molar-refractivity contribution < 1.29 is 43.4 Å². The molecule has 2 N–H and O–H groups in total. The fraction of sp³-hybridized carbons (Fsp3) is 0.811. The molecule has 1 saturated heterocycles. The zero-order chi connectivity index (χ0) is 33.2. The smallest absolute Gasteiger partial charge is 0.337 e. The van der Waals surface area contributed by atoms with Crippen molar-refractivity contribution in [1.82, 2.24) is 4.90 Å². The molecule has 2 spiro atoms. The van der Waals surface area contributed by atoms with Crippen molar-refractivity contribution in [2.24, 2.45) is 22.7 Å². The van der Waals surface area contributed by atoms with E-state index in [1.165, 1.54) is 18.4 Å². The van der Waals surface area contributed by atoms with Crippen molar-refractivity contribution in [3.63, 3.8) is 0 Å². The summed E-state index contributed by atoms with van der Waals surface area (Å²) in [4.78, 5) is 15.8. The lowest BCUT2D eigenvalue weighted by Crippen LogP contribution is -2.82. The van der Waals surface area contributed by atoms with Crippen LogP contribution < -0.4 is 9.47 Å². The van der Waals surface area contributed by atoms with Gasteiger partial charge in [0.15, 0.2) is 11.5 Å². The number of fused-ring (bicyclic) bond motifs is 2. The van der Waals surface area contributed by atoms with Crippen LogP contribution >= 0.6 is 0 Å². The molecule has 0 aromatic heterocycles. The van der Waals surface area contributed by atoms with E-state index >= 15 is 0 Å². The number of benzene rings is 1. The van der Waals surface area contributed by atoms with Gasteiger partial charge in [0.1, 0.15) is 18.3 Å². The predicted molar refractivity (Wildman–Crippen MR) is 174 cm³/mol. The molecule has 5 fully saturated rings. The average molecular weight is 658 g/mol. The van der Waals surface area contributed by atoms with Crippen molar-refractivity contribution in [2.45, 2.75) is 101 Å². The van der Waals surface area contributed by atoms with Crippen molar-refractivity contribution in [1.29, 1.82) is 0 Å². The van der Waals surface area contributed by atoms with Crippen LogP contribution in [-0.2, 0) is 35.6 Å². The number of methoxy groups -OCH3 is 1. The van der Waals surface area contributed by atoms with Crippen LogP contribution in [0.1, 0.15) is 77.3 Å². The highest BCUT2D eigenvalue weighted by atomic mass is 16.6. The molecule has 4 saturated carbocycles. The minimum Gasteiger partial charge on any atom is -0.482 e. The molecule has 0 radical (unpaired) electrons. The SMILES string of the molecule is COCCOCCOCCOCC(=O)Oc1ccc2c3c1O[C@@H]1C34CCN(CC3CC3)[C@H](C2)C42CC[C@]1(O)[C@@H]([C@](C)(O)C(C)(C)C)C2. The summed E-state index contributed by atoms with van der Waals surface area (Å²) in [6, 6.07) is 4.31. The first-order valence-electron chi connectivity index (χ1n) is 17.8. The molecule has 47 heavy (non-hydrogen) atoms. The third-order valence-electron chi connectivity index (χ3n) is 13.1. The fourth-order valence-corrected chi connectivity index (χ4v) is 10.2. The maximum absolute atomic E-state index is 13.0. The number of carbonyl (C=O) groups is 1. The Bertz CT molecular complexity index is 1340. The van der Waals surface area contributed by atoms with Crippen LogP contribution in [0, 0.1) is 22.7 Å². The molecule has 2 unspecified atom stereocenters. The Kier molecular flexibility index (Phi) is 8.76. The van der Waals surface area contributed by atoms with Gasteiger partial charge in [0.2, 0.25) is 0 Å². The van der Waals surface area contributed by atoms with Crippen LogP contribution in [0.4, 0.5) is 0 Å². The summed E-state index contributed by atoms with van der Waals surface area (Å²) in [6.07, 6.45) is 6.17. The van der Waals surface area contributed by atoms with Crippen LogP contribution in [0.3, 0.4) is 0 Å². The number of likely N-dealkylation sites (tertiary alicyclic amines) is 1. The van der Waals surface area contributed by atoms with Gasteiger partial charge in [-0.3, -0.25) is 4.90 Å². The van der Waals surface area contributed by atoms with E-state index in [2.05, 4.69) is 31.7 Å². The predicted octanol–water partition coefficient (Wildman–Crippen LogP) is 3.66. The lowest BCUT2D eigenvalue weighted by Gasteiger charge is -2.75. The van der Waals surface area contributed by atoms with Gasteiger partial charge in [-0.1, -0.05) is 26.8 Å². The molecule has 262 valence electrons. The molecule has 4 bridgehead atoms. The highest BCUT2D eigenvalue weighted by molar-refractivity contribution is 5.76. The number of nitrogens with zero attached hydrogens (tertiary/aromatic N) is 1. The van der Waals surface area contributed by atoms with Crippen molar-refractivity contribution in [2.75, 3.05) is 66.4 Å². The number of esters is 1. The number of rotatable bonds is 15. The summed E-state index contributed by atoms with van der Waals surface area (Å²) in [5, 5.41) is 25.1. The van der Waals surface area contributed by atoms with E-state index in [1.54, 1.807) is 7.11 Å². The van der Waals surface area contributed by atoms with Gasteiger partial charge in [-0.2, -0.15) is 0 Å². The summed E-state index contributed by atoms with van der Waals surface area (Å²) in [5.74, 6) is 0.924. The van der Waals surface area contributed by atoms with Gasteiger partial charge in [-0.25, -0.2) is 4.79 Å². The average Bonchev–Trinajstić information content (AvgIpc) is 3.76. The molecule has 1 aromatic carbocycles. The van der Waals surface area contributed by atoms with Gasteiger partial charge < -0.3 is 38.6 Å². The number of ether oxygens (including phenoxy) is 6. The fourth-order valence-electron chi connectivity index (χ4n) is 10.2. The van der Waals surface area contributed by atoms with Crippen LogP contribution in [0.15, 0.2) is 12.1 Å². The summed E-state index contributed by atoms with van der Waals surface area (Å²) in [7, 11) is 1.63. The van der Waals surface area contributed by atoms with Gasteiger partial charge in [-0.05, 0) is 81.4 Å². The van der Waals surface area contributed by atoms with Gasteiger partial charge in [0.25, 0.3) is 0 Å². The van der Waals surface area contributed by atoms with E-state index in [-0.39, 0.29) is 30.0 Å². The zero-order valence-corrected chi connectivity index (χ0v) is 29.0. The Morgan fingerprint density at radius 2 is 1.70 bits per heavy atom. The van der Waals surface area contributed by atoms with Gasteiger partial charge in [-0.15, -0.1) is 0 Å². The van der Waals surface area contributed by atoms with Crippen molar-refractivity contribution in [3.8, 4) is 11.5 Å². The number of carbonyl (C=O) groups excluding carboxylic acids is 1. The molecule has 2 heterocycles. The maximum Gasteiger partial charge on any atom is 0.337 e. The maximum atomic E-state index is 13.0. The van der Waals surface area contributed by atoms with Crippen molar-refractivity contribution >= 4 is 5.97 Å². The highest BCUT2D eigenvalue weighted by Crippen LogP contribution is 2.77. The molecule has 2 aliphatic heterocycles. The monoisotopic (exact) mass is 657 g/mol. The second-order valence-corrected chi connectivity index (χ2v) is 16.4. The Hall–Kier alpha value is -1.79. The van der Waals surface area contributed by atoms with Crippen molar-refractivity contribution in [3.05, 3.63) is 23.3 Å². The first-order valence-corrected chi connectivity index (χ1v) is 17.8. The number of hydrogen-bond acceptors (Lipinski definition) is 10. The van der Waals surface area contributed by atoms with E-state index in [4.69, 9.17) is 28.4 Å². The largest absolute Gasteiger partial charge is 0.482 e. The second kappa shape index (κ2) is 12.2. The van der Waals surface area contributed by atoms with Crippen LogP contribution in [0.25, 0.3) is 0 Å². The molecule has 10 heteroatoms. The van der Waals surface area contributed by atoms with Gasteiger partial charge in [0.05, 0.1) is 45.2 Å². The Morgan fingerprint density at radius 3 is 2.38 bits per heavy atom. The molecule has 7 atom stereocenters. The van der Waals surface area contributed by atoms with E-state index in [9.17, 15) is 15.0 Å². The van der Waals surface area contributed by atoms with Gasteiger partial charge in [0, 0.05) is 42.0 Å². The summed E-state index contributed by atoms with van der Waals surface area (Å²) in [6.45, 7) is 12.6. The summed E-state index contributed by atoms with van der Waals surface area (Å²) < 4.78 is 34.3. The zero-order valence-electron chi connectivity index (χ0n) is 29.0. The normalized spacial score (nSPS) is 34.9. The molecule has 7 aliphatic rings. The van der Waals surface area contributed by atoms with Crippen LogP contribution in [0.5, 0.6) is 11.5 Å². The number of hydrogen-bond donors (Lipinski definition) is 2. The molecule has 8 rings (SSSR count). The van der Waals surface area contributed by atoms with E-state index in [1.807, 2.05) is 13.0 Å². The Balaban J connectivity index is 1.13. The highest BCUT2D eigenvalue weighted by Gasteiger charge is 2.82. The standard InChI is InChI=1S/C37H55NO9/c1-33(2,3)34(4,40)27-21-35-10-11-37(27,41)32-36(35)12-13-38(22-24-6-7-24)28(35)20-25-8-9-26(31(47-32)30(25)36)46-29(39)23-45-19-18-44-17-16-43-15-14-42-5/h8-9,24,27-28,32,40-41H,6-7,10-23H2,1-5H3/t27-,28-,32-,34+,35?,36?,37+/m1/s1. The van der Waals surface area contributed by atoms with Crippen LogP contribution in [0.2, 0.25) is 0 Å². The quantitative estimate of drug-likeness (QED) is 0.165. The van der Waals surface area contributed by atoms with E-state index < -0.39 is 28.7 Å². The molecule has 0 amide bonds. The molecule has 10 nitrogen and oxygen atoms in total. The van der Waals surface area contributed by atoms with E-state index in [0.717, 1.165) is 50.3 Å². The van der Waals surface area contributed by atoms with Gasteiger partial charge >= 0.3 is 5.97 Å². The number of piperidine rings is 1. The Morgan fingerprint density at radius 1 is 1.00 bits per heavy atom. The first kappa shape index (κ1) is 33.7. The number of aliphatic hydroxyl groups is 2. The molecular formula is C37H55NO9. The third-order valence-corrected chi connectivity index (χ3v) is 13.1.